The Morgan fingerprint density at radius 3 is 2.70 bits per heavy atom. The van der Waals surface area contributed by atoms with Gasteiger partial charge in [-0.15, -0.1) is 0 Å². The van der Waals surface area contributed by atoms with Crippen molar-refractivity contribution >= 4 is 60.4 Å². The van der Waals surface area contributed by atoms with Gasteiger partial charge in [-0.3, -0.25) is 4.98 Å². The highest BCUT2D eigenvalue weighted by molar-refractivity contribution is 9.11. The standard InChI is InChI=1S/C13H11Br2N3OS/c1-19-12-5-10(8(14)4-9(12)15)18-11-6-17-3-2-7(11)13(16)20/h2-6,18H,1H3,(H2,16,20). The summed E-state index contributed by atoms with van der Waals surface area (Å²) in [7, 11) is 1.61. The number of benzene rings is 1. The number of hydrogen-bond donors (Lipinski definition) is 2. The minimum Gasteiger partial charge on any atom is -0.495 e. The van der Waals surface area contributed by atoms with Crippen LogP contribution in [0.5, 0.6) is 5.75 Å². The highest BCUT2D eigenvalue weighted by atomic mass is 79.9. The number of nitrogens with one attached hydrogen (secondary N) is 1. The van der Waals surface area contributed by atoms with Crippen molar-refractivity contribution in [1.82, 2.24) is 4.98 Å². The van der Waals surface area contributed by atoms with Gasteiger partial charge >= 0.3 is 0 Å². The van der Waals surface area contributed by atoms with E-state index in [4.69, 9.17) is 22.7 Å². The van der Waals surface area contributed by atoms with Gasteiger partial charge in [-0.05, 0) is 44.0 Å². The molecule has 3 N–H and O–H groups in total. The van der Waals surface area contributed by atoms with Gasteiger partial charge in [0.2, 0.25) is 0 Å². The zero-order valence-corrected chi connectivity index (χ0v) is 14.5. The third-order valence-electron chi connectivity index (χ3n) is 2.60. The number of halogens is 2. The zero-order chi connectivity index (χ0) is 14.7. The molecule has 0 atom stereocenters. The number of nitrogens with zero attached hydrogens (tertiary/aromatic N) is 1. The second-order valence-electron chi connectivity index (χ2n) is 3.88. The van der Waals surface area contributed by atoms with Gasteiger partial charge in [0.15, 0.2) is 0 Å². The summed E-state index contributed by atoms with van der Waals surface area (Å²) >= 11 is 12.0. The maximum Gasteiger partial charge on any atom is 0.135 e. The molecule has 1 aromatic carbocycles. The molecule has 2 rings (SSSR count). The number of rotatable bonds is 4. The van der Waals surface area contributed by atoms with Gasteiger partial charge in [-0.1, -0.05) is 12.2 Å². The fourth-order valence-electron chi connectivity index (χ4n) is 1.64. The Morgan fingerprint density at radius 2 is 2.05 bits per heavy atom. The topological polar surface area (TPSA) is 60.2 Å². The first kappa shape index (κ1) is 15.2. The van der Waals surface area contributed by atoms with Crippen molar-refractivity contribution in [2.45, 2.75) is 0 Å². The van der Waals surface area contributed by atoms with E-state index in [9.17, 15) is 0 Å². The third kappa shape index (κ3) is 3.28. The molecule has 1 aromatic heterocycles. The number of ether oxygens (including phenoxy) is 1. The molecule has 7 heteroatoms. The molecule has 104 valence electrons. The van der Waals surface area contributed by atoms with Crippen molar-refractivity contribution in [3.8, 4) is 5.75 Å². The van der Waals surface area contributed by atoms with E-state index in [1.54, 1.807) is 25.6 Å². The van der Waals surface area contributed by atoms with Gasteiger partial charge in [0, 0.05) is 22.3 Å². The number of methoxy groups -OCH3 is 1. The van der Waals surface area contributed by atoms with E-state index in [1.165, 1.54) is 0 Å². The predicted octanol–water partition coefficient (Wildman–Crippen LogP) is 3.99. The molecule has 2 aromatic rings. The summed E-state index contributed by atoms with van der Waals surface area (Å²) in [6.45, 7) is 0. The van der Waals surface area contributed by atoms with Crippen LogP contribution in [0.4, 0.5) is 11.4 Å². The van der Waals surface area contributed by atoms with E-state index in [0.29, 0.717) is 4.99 Å². The third-order valence-corrected chi connectivity index (χ3v) is 4.09. The summed E-state index contributed by atoms with van der Waals surface area (Å²) in [4.78, 5) is 4.40. The molecule has 0 saturated carbocycles. The van der Waals surface area contributed by atoms with Crippen molar-refractivity contribution in [1.29, 1.82) is 0 Å². The second-order valence-corrected chi connectivity index (χ2v) is 6.03. The van der Waals surface area contributed by atoms with Crippen LogP contribution in [0.2, 0.25) is 0 Å². The van der Waals surface area contributed by atoms with E-state index >= 15 is 0 Å². The van der Waals surface area contributed by atoms with Crippen molar-refractivity contribution < 1.29 is 4.74 Å². The molecule has 0 saturated heterocycles. The normalized spacial score (nSPS) is 10.2. The summed E-state index contributed by atoms with van der Waals surface area (Å²) < 4.78 is 7.02. The lowest BCUT2D eigenvalue weighted by molar-refractivity contribution is 0.412. The molecule has 4 nitrogen and oxygen atoms in total. The van der Waals surface area contributed by atoms with Crippen molar-refractivity contribution in [3.63, 3.8) is 0 Å². The molecule has 0 spiro atoms. The number of aromatic nitrogens is 1. The van der Waals surface area contributed by atoms with Crippen LogP contribution in [0.15, 0.2) is 39.5 Å². The van der Waals surface area contributed by atoms with Crippen LogP contribution >= 0.6 is 44.1 Å². The van der Waals surface area contributed by atoms with Crippen LogP contribution in [0.1, 0.15) is 5.56 Å². The van der Waals surface area contributed by atoms with Crippen LogP contribution < -0.4 is 15.8 Å². The zero-order valence-electron chi connectivity index (χ0n) is 10.5. The maximum atomic E-state index is 5.71. The highest BCUT2D eigenvalue weighted by Gasteiger charge is 2.10. The predicted molar refractivity (Wildman–Crippen MR) is 91.8 cm³/mol. The Labute approximate surface area is 139 Å². The van der Waals surface area contributed by atoms with Crippen molar-refractivity contribution in [2.75, 3.05) is 12.4 Å². The summed E-state index contributed by atoms with van der Waals surface area (Å²) in [6, 6.07) is 5.54. The molecular weight excluding hydrogens is 406 g/mol. The van der Waals surface area contributed by atoms with Gasteiger partial charge in [-0.2, -0.15) is 0 Å². The first-order valence-corrected chi connectivity index (χ1v) is 7.56. The van der Waals surface area contributed by atoms with E-state index in [0.717, 1.165) is 31.6 Å². The molecule has 0 aliphatic carbocycles. The maximum absolute atomic E-state index is 5.71. The number of anilines is 2. The SMILES string of the molecule is COc1cc(Nc2cnccc2C(N)=S)c(Br)cc1Br. The summed E-state index contributed by atoms with van der Waals surface area (Å²) in [5, 5.41) is 3.25. The van der Waals surface area contributed by atoms with E-state index in [-0.39, 0.29) is 0 Å². The van der Waals surface area contributed by atoms with Crippen LogP contribution in [-0.2, 0) is 0 Å². The Balaban J connectivity index is 2.42. The number of thiocarbonyl (C=S) groups is 1. The quantitative estimate of drug-likeness (QED) is 0.737. The Morgan fingerprint density at radius 1 is 1.30 bits per heavy atom. The molecule has 0 fully saturated rings. The molecule has 0 amide bonds. The average molecular weight is 417 g/mol. The average Bonchev–Trinajstić information content (AvgIpc) is 2.42. The monoisotopic (exact) mass is 415 g/mol. The largest absolute Gasteiger partial charge is 0.495 e. The van der Waals surface area contributed by atoms with Gasteiger partial charge < -0.3 is 15.8 Å². The minimum absolute atomic E-state index is 0.315. The van der Waals surface area contributed by atoms with Crippen LogP contribution in [0, 0.1) is 0 Å². The fraction of sp³-hybridized carbons (Fsp3) is 0.0769. The van der Waals surface area contributed by atoms with E-state index < -0.39 is 0 Å². The van der Waals surface area contributed by atoms with Crippen LogP contribution in [0.3, 0.4) is 0 Å². The molecule has 0 aliphatic rings. The first-order valence-electron chi connectivity index (χ1n) is 5.56. The summed E-state index contributed by atoms with van der Waals surface area (Å²) in [5.74, 6) is 0.719. The van der Waals surface area contributed by atoms with Crippen LogP contribution in [-0.4, -0.2) is 17.1 Å². The Kier molecular flexibility index (Phi) is 4.95. The van der Waals surface area contributed by atoms with Gasteiger partial charge in [-0.25, -0.2) is 0 Å². The molecule has 0 bridgehead atoms. The number of hydrogen-bond acceptors (Lipinski definition) is 4. The van der Waals surface area contributed by atoms with Crippen molar-refractivity contribution in [2.24, 2.45) is 5.73 Å². The summed E-state index contributed by atoms with van der Waals surface area (Å²) in [6.07, 6.45) is 3.33. The Bertz CT molecular complexity index is 664. The van der Waals surface area contributed by atoms with E-state index in [1.807, 2.05) is 12.1 Å². The molecule has 0 radical (unpaired) electrons. The smallest absolute Gasteiger partial charge is 0.135 e. The lowest BCUT2D eigenvalue weighted by Crippen LogP contribution is -2.12. The van der Waals surface area contributed by atoms with Crippen LogP contribution in [0.25, 0.3) is 0 Å². The highest BCUT2D eigenvalue weighted by Crippen LogP contribution is 2.36. The van der Waals surface area contributed by atoms with Crippen molar-refractivity contribution in [3.05, 3.63) is 45.1 Å². The van der Waals surface area contributed by atoms with Gasteiger partial charge in [0.05, 0.1) is 29.2 Å². The summed E-state index contributed by atoms with van der Waals surface area (Å²) in [5.41, 5.74) is 8.02. The van der Waals surface area contributed by atoms with Gasteiger partial charge in [0.1, 0.15) is 10.7 Å². The second kappa shape index (κ2) is 6.51. The Hall–Kier alpha value is -1.18. The molecule has 0 aliphatic heterocycles. The van der Waals surface area contributed by atoms with E-state index in [2.05, 4.69) is 42.2 Å². The molecular formula is C13H11Br2N3OS. The minimum atomic E-state index is 0.315. The molecule has 20 heavy (non-hydrogen) atoms. The lowest BCUT2D eigenvalue weighted by atomic mass is 10.2. The fourth-order valence-corrected chi connectivity index (χ4v) is 3.07. The molecule has 1 heterocycles. The van der Waals surface area contributed by atoms with Gasteiger partial charge in [0.25, 0.3) is 0 Å². The first-order chi connectivity index (χ1) is 9.52. The lowest BCUT2D eigenvalue weighted by Gasteiger charge is -2.14. The number of pyridine rings is 1. The number of nitrogens with two attached hydrogens (primary N) is 1. The molecule has 0 unspecified atom stereocenters.